The molecular weight excluding hydrogens is 238 g/mol. The number of rotatable bonds is 2. The van der Waals surface area contributed by atoms with E-state index >= 15 is 0 Å². The van der Waals surface area contributed by atoms with Crippen LogP contribution in [0.25, 0.3) is 0 Å². The van der Waals surface area contributed by atoms with Crippen molar-refractivity contribution < 1.29 is 13.2 Å². The normalized spacial score (nSPS) is 42.8. The number of hydrogen-bond acceptors (Lipinski definition) is 3. The third-order valence-electron chi connectivity index (χ3n) is 4.46. The van der Waals surface area contributed by atoms with Crippen molar-refractivity contribution in [2.75, 3.05) is 5.75 Å². The molecule has 3 rings (SSSR count). The van der Waals surface area contributed by atoms with Crippen molar-refractivity contribution in [1.29, 1.82) is 0 Å². The van der Waals surface area contributed by atoms with Crippen LogP contribution in [0, 0.1) is 11.8 Å². The molecule has 1 aliphatic heterocycles. The van der Waals surface area contributed by atoms with E-state index in [1.54, 1.807) is 0 Å². The lowest BCUT2D eigenvalue weighted by atomic mass is 10.1. The summed E-state index contributed by atoms with van der Waals surface area (Å²) in [6.07, 6.45) is 5.50. The molecule has 0 bridgehead atoms. The molecule has 1 amide bonds. The van der Waals surface area contributed by atoms with Gasteiger partial charge in [-0.3, -0.25) is 4.79 Å². The molecule has 1 N–H and O–H groups in total. The average Bonchev–Trinajstić information content (AvgIpc) is 2.85. The summed E-state index contributed by atoms with van der Waals surface area (Å²) in [6, 6.07) is 0.239. The number of fused-ring (bicyclic) bond motifs is 1. The SMILES string of the molecule is O=C(NC1CC2CC2C1)C1CCCCS1(=O)=O. The van der Waals surface area contributed by atoms with E-state index in [0.29, 0.717) is 12.8 Å². The van der Waals surface area contributed by atoms with Crippen LogP contribution in [0.5, 0.6) is 0 Å². The standard InChI is InChI=1S/C12H19NO3S/c14-12(11-3-1-2-4-17(11,15)16)13-10-6-8-5-9(8)7-10/h8-11H,1-7H2,(H,13,14). The fraction of sp³-hybridized carbons (Fsp3) is 0.917. The van der Waals surface area contributed by atoms with E-state index in [4.69, 9.17) is 0 Å². The van der Waals surface area contributed by atoms with Gasteiger partial charge in [0.2, 0.25) is 5.91 Å². The Balaban J connectivity index is 1.61. The van der Waals surface area contributed by atoms with Crippen LogP contribution in [-0.4, -0.2) is 31.4 Å². The summed E-state index contributed by atoms with van der Waals surface area (Å²) in [5, 5.41) is 2.18. The molecule has 3 fully saturated rings. The zero-order valence-corrected chi connectivity index (χ0v) is 10.7. The van der Waals surface area contributed by atoms with Gasteiger partial charge in [0.25, 0.3) is 0 Å². The maximum absolute atomic E-state index is 12.0. The molecule has 1 saturated heterocycles. The van der Waals surface area contributed by atoms with Crippen LogP contribution in [0.4, 0.5) is 0 Å². The fourth-order valence-electron chi connectivity index (χ4n) is 3.38. The van der Waals surface area contributed by atoms with Gasteiger partial charge in [-0.1, -0.05) is 6.42 Å². The van der Waals surface area contributed by atoms with Crippen molar-refractivity contribution >= 4 is 15.7 Å². The Morgan fingerprint density at radius 2 is 1.76 bits per heavy atom. The minimum absolute atomic E-state index is 0.182. The Bertz CT molecular complexity index is 421. The van der Waals surface area contributed by atoms with Gasteiger partial charge in [0.15, 0.2) is 9.84 Å². The second-order valence-electron chi connectivity index (χ2n) is 5.78. The molecular formula is C12H19NO3S. The van der Waals surface area contributed by atoms with Crippen LogP contribution in [0.1, 0.15) is 38.5 Å². The van der Waals surface area contributed by atoms with Gasteiger partial charge < -0.3 is 5.32 Å². The number of hydrogen-bond donors (Lipinski definition) is 1. The van der Waals surface area contributed by atoms with E-state index in [2.05, 4.69) is 5.32 Å². The van der Waals surface area contributed by atoms with Crippen molar-refractivity contribution in [2.45, 2.75) is 49.8 Å². The summed E-state index contributed by atoms with van der Waals surface area (Å²) in [6.45, 7) is 0. The first-order valence-electron chi connectivity index (χ1n) is 6.58. The summed E-state index contributed by atoms with van der Waals surface area (Å²) < 4.78 is 23.6. The van der Waals surface area contributed by atoms with Gasteiger partial charge in [0.1, 0.15) is 5.25 Å². The molecule has 0 aromatic rings. The van der Waals surface area contributed by atoms with Crippen LogP contribution in [0.2, 0.25) is 0 Å². The highest BCUT2D eigenvalue weighted by Crippen LogP contribution is 2.51. The van der Waals surface area contributed by atoms with E-state index in [1.807, 2.05) is 0 Å². The molecule has 2 saturated carbocycles. The quantitative estimate of drug-likeness (QED) is 0.798. The maximum atomic E-state index is 12.0. The molecule has 0 spiro atoms. The van der Waals surface area contributed by atoms with Crippen LogP contribution in [0.15, 0.2) is 0 Å². The van der Waals surface area contributed by atoms with Gasteiger partial charge >= 0.3 is 0 Å². The largest absolute Gasteiger partial charge is 0.352 e. The zero-order chi connectivity index (χ0) is 12.0. The Labute approximate surface area is 102 Å². The lowest BCUT2D eigenvalue weighted by Gasteiger charge is -2.23. The average molecular weight is 257 g/mol. The number of carbonyl (C=O) groups excluding carboxylic acids is 1. The summed E-state index contributed by atoms with van der Waals surface area (Å²) in [7, 11) is -3.18. The third-order valence-corrected chi connectivity index (χ3v) is 6.64. The minimum atomic E-state index is -3.18. The van der Waals surface area contributed by atoms with E-state index in [0.717, 1.165) is 31.1 Å². The van der Waals surface area contributed by atoms with Gasteiger partial charge in [0.05, 0.1) is 5.75 Å². The molecule has 3 unspecified atom stereocenters. The van der Waals surface area contributed by atoms with E-state index < -0.39 is 15.1 Å². The lowest BCUT2D eigenvalue weighted by molar-refractivity contribution is -0.121. The van der Waals surface area contributed by atoms with Crippen molar-refractivity contribution in [3.63, 3.8) is 0 Å². The predicted molar refractivity (Wildman–Crippen MR) is 64.2 cm³/mol. The first-order valence-corrected chi connectivity index (χ1v) is 8.30. The second-order valence-corrected chi connectivity index (χ2v) is 8.09. The van der Waals surface area contributed by atoms with E-state index in [1.165, 1.54) is 6.42 Å². The number of nitrogens with one attached hydrogen (secondary N) is 1. The Morgan fingerprint density at radius 1 is 1.06 bits per heavy atom. The van der Waals surface area contributed by atoms with Gasteiger partial charge in [0, 0.05) is 6.04 Å². The second kappa shape index (κ2) is 3.97. The van der Waals surface area contributed by atoms with Crippen molar-refractivity contribution in [1.82, 2.24) is 5.32 Å². The summed E-state index contributed by atoms with van der Waals surface area (Å²) in [5.41, 5.74) is 0. The molecule has 0 aromatic carbocycles. The van der Waals surface area contributed by atoms with Crippen LogP contribution in [-0.2, 0) is 14.6 Å². The van der Waals surface area contributed by atoms with Gasteiger partial charge in [-0.15, -0.1) is 0 Å². The highest BCUT2D eigenvalue weighted by Gasteiger charge is 2.47. The van der Waals surface area contributed by atoms with Crippen molar-refractivity contribution in [2.24, 2.45) is 11.8 Å². The molecule has 1 heterocycles. The topological polar surface area (TPSA) is 63.2 Å². The first-order chi connectivity index (χ1) is 8.06. The predicted octanol–water partition coefficient (Wildman–Crippen LogP) is 0.868. The summed E-state index contributed by atoms with van der Waals surface area (Å²) in [5.74, 6) is 1.56. The molecule has 0 aromatic heterocycles. The molecule has 17 heavy (non-hydrogen) atoms. The Hall–Kier alpha value is -0.580. The number of sulfone groups is 1. The molecule has 2 aliphatic carbocycles. The first kappa shape index (κ1) is 11.5. The van der Waals surface area contributed by atoms with Crippen LogP contribution < -0.4 is 5.32 Å². The fourth-order valence-corrected chi connectivity index (χ4v) is 5.19. The molecule has 5 heteroatoms. The van der Waals surface area contributed by atoms with Crippen LogP contribution >= 0.6 is 0 Å². The molecule has 96 valence electrons. The Kier molecular flexibility index (Phi) is 2.69. The monoisotopic (exact) mass is 257 g/mol. The highest BCUT2D eigenvalue weighted by molar-refractivity contribution is 7.92. The summed E-state index contributed by atoms with van der Waals surface area (Å²) >= 11 is 0. The third kappa shape index (κ3) is 2.21. The van der Waals surface area contributed by atoms with Gasteiger partial charge in [-0.05, 0) is 43.9 Å². The van der Waals surface area contributed by atoms with Crippen molar-refractivity contribution in [3.05, 3.63) is 0 Å². The van der Waals surface area contributed by atoms with E-state index in [-0.39, 0.29) is 17.7 Å². The molecule has 3 atom stereocenters. The summed E-state index contributed by atoms with van der Waals surface area (Å²) in [4.78, 5) is 12.0. The van der Waals surface area contributed by atoms with E-state index in [9.17, 15) is 13.2 Å². The highest BCUT2D eigenvalue weighted by atomic mass is 32.2. The zero-order valence-electron chi connectivity index (χ0n) is 9.89. The lowest BCUT2D eigenvalue weighted by Crippen LogP contribution is -2.46. The van der Waals surface area contributed by atoms with Gasteiger partial charge in [-0.2, -0.15) is 0 Å². The van der Waals surface area contributed by atoms with Crippen LogP contribution in [0.3, 0.4) is 0 Å². The maximum Gasteiger partial charge on any atom is 0.238 e. The molecule has 3 aliphatic rings. The number of carbonyl (C=O) groups is 1. The minimum Gasteiger partial charge on any atom is -0.352 e. The molecule has 0 radical (unpaired) electrons. The smallest absolute Gasteiger partial charge is 0.238 e. The Morgan fingerprint density at radius 3 is 2.41 bits per heavy atom. The number of amides is 1. The van der Waals surface area contributed by atoms with Crippen molar-refractivity contribution in [3.8, 4) is 0 Å². The van der Waals surface area contributed by atoms with Gasteiger partial charge in [-0.25, -0.2) is 8.42 Å². The molecule has 4 nitrogen and oxygen atoms in total.